The summed E-state index contributed by atoms with van der Waals surface area (Å²) in [6, 6.07) is 2.76. The number of morpholine rings is 1. The third kappa shape index (κ3) is 5.61. The minimum Gasteiger partial charge on any atom is -0.433 e. The molecule has 1 atom stereocenters. The van der Waals surface area contributed by atoms with E-state index in [0.29, 0.717) is 13.1 Å². The molecule has 0 saturated carbocycles. The topological polar surface area (TPSA) is 114 Å². The summed E-state index contributed by atoms with van der Waals surface area (Å²) in [7, 11) is 0. The molecule has 1 fully saturated rings. The molecular weight excluding hydrogens is 390 g/mol. The van der Waals surface area contributed by atoms with Gasteiger partial charge in [0.2, 0.25) is 5.91 Å². The number of nitrogens with one attached hydrogen (secondary N) is 1. The number of alkyl halides is 2. The highest BCUT2D eigenvalue weighted by Crippen LogP contribution is 2.33. The first-order chi connectivity index (χ1) is 13.8. The van der Waals surface area contributed by atoms with Crippen LogP contribution < -0.4 is 20.7 Å². The largest absolute Gasteiger partial charge is 0.433 e. The first-order valence-electron chi connectivity index (χ1n) is 9.09. The van der Waals surface area contributed by atoms with Gasteiger partial charge in [0.1, 0.15) is 6.61 Å². The Bertz CT molecular complexity index is 758. The van der Waals surface area contributed by atoms with Crippen molar-refractivity contribution in [1.29, 1.82) is 0 Å². The van der Waals surface area contributed by atoms with Crippen LogP contribution in [-0.2, 0) is 19.1 Å². The van der Waals surface area contributed by atoms with E-state index in [4.69, 9.17) is 10.5 Å². The average Bonchev–Trinajstić information content (AvgIpc) is 2.66. The molecular formula is C18H24F2N4O5. The van der Waals surface area contributed by atoms with Gasteiger partial charge >= 0.3 is 6.61 Å². The number of nitrogens with zero attached hydrogens (tertiary/aromatic N) is 2. The third-order valence-corrected chi connectivity index (χ3v) is 4.42. The van der Waals surface area contributed by atoms with E-state index in [1.807, 2.05) is 0 Å². The molecule has 1 aromatic rings. The fraction of sp³-hybridized carbons (Fsp3) is 0.500. The monoisotopic (exact) mass is 414 g/mol. The molecule has 1 aromatic carbocycles. The van der Waals surface area contributed by atoms with Crippen molar-refractivity contribution in [1.82, 2.24) is 4.90 Å². The second kappa shape index (κ2) is 10.1. The lowest BCUT2D eigenvalue weighted by Gasteiger charge is -2.29. The Hall–Kier alpha value is -2.79. The van der Waals surface area contributed by atoms with Gasteiger partial charge in [0.15, 0.2) is 11.8 Å². The van der Waals surface area contributed by atoms with Gasteiger partial charge in [0, 0.05) is 18.3 Å². The summed E-state index contributed by atoms with van der Waals surface area (Å²) in [5.41, 5.74) is 5.61. The fourth-order valence-corrected chi connectivity index (χ4v) is 3.05. The standard InChI is InChI=1S/C18H24F2N4O5/c1-3-23(4-2)15(16(21)26)17(27)22-11-5-6-12(13(9-11)29-18(19)20)24-7-8-28-10-14(24)25/h5-6,9,15,18H,3-4,7-8,10H2,1-2H3,(H2,21,26)(H,22,27)/t15-/m1/s1. The smallest absolute Gasteiger partial charge is 0.387 e. The maximum absolute atomic E-state index is 12.9. The van der Waals surface area contributed by atoms with Gasteiger partial charge < -0.3 is 25.4 Å². The Morgan fingerprint density at radius 3 is 2.59 bits per heavy atom. The number of benzene rings is 1. The molecule has 9 nitrogen and oxygen atoms in total. The van der Waals surface area contributed by atoms with Crippen molar-refractivity contribution in [2.45, 2.75) is 26.5 Å². The molecule has 0 bridgehead atoms. The number of carbonyl (C=O) groups excluding carboxylic acids is 3. The molecule has 0 aromatic heterocycles. The number of amides is 3. The zero-order valence-corrected chi connectivity index (χ0v) is 16.2. The lowest BCUT2D eigenvalue weighted by Crippen LogP contribution is -2.52. The minimum absolute atomic E-state index is 0.119. The number of anilines is 2. The van der Waals surface area contributed by atoms with Gasteiger partial charge in [-0.15, -0.1) is 0 Å². The molecule has 3 amide bonds. The maximum atomic E-state index is 12.9. The average molecular weight is 414 g/mol. The Balaban J connectivity index is 2.30. The number of likely N-dealkylation sites (N-methyl/N-ethyl adjacent to an activating group) is 1. The summed E-state index contributed by atoms with van der Waals surface area (Å²) in [6.45, 7) is 1.50. The van der Waals surface area contributed by atoms with E-state index in [9.17, 15) is 23.2 Å². The van der Waals surface area contributed by atoms with Crippen LogP contribution in [0.2, 0.25) is 0 Å². The second-order valence-corrected chi connectivity index (χ2v) is 6.17. The van der Waals surface area contributed by atoms with E-state index < -0.39 is 30.4 Å². The molecule has 2 rings (SSSR count). The van der Waals surface area contributed by atoms with Crippen LogP contribution in [0.5, 0.6) is 5.75 Å². The molecule has 160 valence electrons. The lowest BCUT2D eigenvalue weighted by molar-refractivity contribution is -0.132. The number of carbonyl (C=O) groups is 3. The Morgan fingerprint density at radius 2 is 2.03 bits per heavy atom. The molecule has 1 aliphatic rings. The number of hydrogen-bond acceptors (Lipinski definition) is 6. The highest BCUT2D eigenvalue weighted by atomic mass is 19.3. The summed E-state index contributed by atoms with van der Waals surface area (Å²) >= 11 is 0. The zero-order valence-electron chi connectivity index (χ0n) is 16.2. The highest BCUT2D eigenvalue weighted by molar-refractivity contribution is 6.09. The van der Waals surface area contributed by atoms with Gasteiger partial charge in [-0.1, -0.05) is 13.8 Å². The van der Waals surface area contributed by atoms with E-state index in [1.54, 1.807) is 18.7 Å². The summed E-state index contributed by atoms with van der Waals surface area (Å²) in [5, 5.41) is 2.49. The number of nitrogens with two attached hydrogens (primary N) is 1. The van der Waals surface area contributed by atoms with Crippen LogP contribution in [0.1, 0.15) is 13.8 Å². The lowest BCUT2D eigenvalue weighted by atomic mass is 10.2. The summed E-state index contributed by atoms with van der Waals surface area (Å²) < 4.78 is 35.4. The molecule has 11 heteroatoms. The first-order valence-corrected chi connectivity index (χ1v) is 9.09. The first kappa shape index (κ1) is 22.5. The van der Waals surface area contributed by atoms with Crippen LogP contribution in [0.25, 0.3) is 0 Å². The van der Waals surface area contributed by atoms with Crippen LogP contribution in [-0.4, -0.2) is 68.1 Å². The Labute approximate surface area is 166 Å². The predicted molar refractivity (Wildman–Crippen MR) is 101 cm³/mol. The summed E-state index contributed by atoms with van der Waals surface area (Å²) in [6.07, 6.45) is 0. The zero-order chi connectivity index (χ0) is 21.6. The number of halogens is 2. The molecule has 0 unspecified atom stereocenters. The van der Waals surface area contributed by atoms with Crippen LogP contribution in [0.3, 0.4) is 0 Å². The number of ether oxygens (including phenoxy) is 2. The molecule has 29 heavy (non-hydrogen) atoms. The van der Waals surface area contributed by atoms with Crippen LogP contribution in [0.4, 0.5) is 20.2 Å². The summed E-state index contributed by atoms with van der Waals surface area (Å²) in [5.74, 6) is -2.21. The van der Waals surface area contributed by atoms with E-state index in [0.717, 1.165) is 0 Å². The normalized spacial score (nSPS) is 15.5. The van der Waals surface area contributed by atoms with E-state index in [2.05, 4.69) is 10.1 Å². The molecule has 1 heterocycles. The fourth-order valence-electron chi connectivity index (χ4n) is 3.05. The molecule has 1 saturated heterocycles. The number of primary amides is 1. The number of rotatable bonds is 9. The maximum Gasteiger partial charge on any atom is 0.387 e. The van der Waals surface area contributed by atoms with Crippen LogP contribution in [0.15, 0.2) is 18.2 Å². The van der Waals surface area contributed by atoms with Crippen molar-refractivity contribution in [3.8, 4) is 5.75 Å². The van der Waals surface area contributed by atoms with Gasteiger partial charge in [-0.3, -0.25) is 19.3 Å². The van der Waals surface area contributed by atoms with E-state index in [1.165, 1.54) is 23.1 Å². The van der Waals surface area contributed by atoms with Crippen molar-refractivity contribution >= 4 is 29.1 Å². The van der Waals surface area contributed by atoms with E-state index >= 15 is 0 Å². The SMILES string of the molecule is CCN(CC)[C@H](C(N)=O)C(=O)Nc1ccc(N2CCOCC2=O)c(OC(F)F)c1. The van der Waals surface area contributed by atoms with Crippen LogP contribution >= 0.6 is 0 Å². The Morgan fingerprint density at radius 1 is 1.34 bits per heavy atom. The third-order valence-electron chi connectivity index (χ3n) is 4.42. The molecule has 0 aliphatic carbocycles. The molecule has 0 spiro atoms. The van der Waals surface area contributed by atoms with Crippen molar-refractivity contribution in [3.05, 3.63) is 18.2 Å². The van der Waals surface area contributed by atoms with Gasteiger partial charge in [-0.2, -0.15) is 8.78 Å². The van der Waals surface area contributed by atoms with Crippen molar-refractivity contribution in [2.75, 3.05) is 43.1 Å². The van der Waals surface area contributed by atoms with Gasteiger partial charge in [-0.05, 0) is 25.2 Å². The van der Waals surface area contributed by atoms with Crippen LogP contribution in [0, 0.1) is 0 Å². The van der Waals surface area contributed by atoms with Gasteiger partial charge in [-0.25, -0.2) is 0 Å². The molecule has 3 N–H and O–H groups in total. The number of hydrogen-bond donors (Lipinski definition) is 2. The Kier molecular flexibility index (Phi) is 7.85. The van der Waals surface area contributed by atoms with Crippen molar-refractivity contribution < 1.29 is 32.6 Å². The quantitative estimate of drug-likeness (QED) is 0.578. The second-order valence-electron chi connectivity index (χ2n) is 6.17. The van der Waals surface area contributed by atoms with Gasteiger partial charge in [0.25, 0.3) is 11.8 Å². The highest BCUT2D eigenvalue weighted by Gasteiger charge is 2.30. The van der Waals surface area contributed by atoms with E-state index in [-0.39, 0.29) is 36.9 Å². The minimum atomic E-state index is -3.13. The molecule has 0 radical (unpaired) electrons. The predicted octanol–water partition coefficient (Wildman–Crippen LogP) is 0.785. The van der Waals surface area contributed by atoms with Crippen molar-refractivity contribution in [3.63, 3.8) is 0 Å². The van der Waals surface area contributed by atoms with Gasteiger partial charge in [0.05, 0.1) is 12.3 Å². The van der Waals surface area contributed by atoms with Crippen molar-refractivity contribution in [2.24, 2.45) is 5.73 Å². The molecule has 1 aliphatic heterocycles. The summed E-state index contributed by atoms with van der Waals surface area (Å²) in [4.78, 5) is 39.2.